The van der Waals surface area contributed by atoms with Crippen molar-refractivity contribution in [3.05, 3.63) is 35.6 Å². The van der Waals surface area contributed by atoms with E-state index >= 15 is 0 Å². The van der Waals surface area contributed by atoms with Crippen LogP contribution in [0.4, 0.5) is 4.39 Å². The van der Waals surface area contributed by atoms with Crippen molar-refractivity contribution in [1.82, 2.24) is 5.32 Å². The van der Waals surface area contributed by atoms with Crippen LogP contribution in [0.1, 0.15) is 18.4 Å². The highest BCUT2D eigenvalue weighted by Gasteiger charge is 2.00. The predicted molar refractivity (Wildman–Crippen MR) is 59.4 cm³/mol. The Hall–Kier alpha value is -1.42. The quantitative estimate of drug-likeness (QED) is 0.750. The highest BCUT2D eigenvalue weighted by molar-refractivity contribution is 5.75. The fourth-order valence-corrected chi connectivity index (χ4v) is 1.27. The summed E-state index contributed by atoms with van der Waals surface area (Å²) in [5, 5.41) is 2.76. The molecule has 0 aliphatic carbocycles. The standard InChI is InChI=1S/C12H16FNO2/c1-16-8-2-3-12(15)14-9-10-4-6-11(13)7-5-10/h4-7H,2-3,8-9H2,1H3,(H,14,15). The van der Waals surface area contributed by atoms with Crippen molar-refractivity contribution in [1.29, 1.82) is 0 Å². The first-order valence-corrected chi connectivity index (χ1v) is 5.22. The number of carbonyl (C=O) groups excluding carboxylic acids is 1. The Bertz CT molecular complexity index is 324. The van der Waals surface area contributed by atoms with Crippen LogP contribution in [0.25, 0.3) is 0 Å². The number of hydrogen-bond donors (Lipinski definition) is 1. The first-order valence-electron chi connectivity index (χ1n) is 5.22. The number of benzene rings is 1. The largest absolute Gasteiger partial charge is 0.385 e. The van der Waals surface area contributed by atoms with Crippen LogP contribution in [0.15, 0.2) is 24.3 Å². The lowest BCUT2D eigenvalue weighted by Crippen LogP contribution is -2.22. The van der Waals surface area contributed by atoms with Gasteiger partial charge in [0.25, 0.3) is 0 Å². The van der Waals surface area contributed by atoms with Gasteiger partial charge in [-0.3, -0.25) is 4.79 Å². The highest BCUT2D eigenvalue weighted by atomic mass is 19.1. The zero-order valence-corrected chi connectivity index (χ0v) is 9.33. The van der Waals surface area contributed by atoms with E-state index in [9.17, 15) is 9.18 Å². The summed E-state index contributed by atoms with van der Waals surface area (Å²) in [5.41, 5.74) is 0.890. The Morgan fingerprint density at radius 3 is 2.69 bits per heavy atom. The number of methoxy groups -OCH3 is 1. The SMILES string of the molecule is COCCCC(=O)NCc1ccc(F)cc1. The molecule has 0 heterocycles. The van der Waals surface area contributed by atoms with Crippen molar-refractivity contribution in [2.75, 3.05) is 13.7 Å². The summed E-state index contributed by atoms with van der Waals surface area (Å²) in [7, 11) is 1.61. The molecule has 0 aliphatic rings. The Labute approximate surface area is 94.6 Å². The topological polar surface area (TPSA) is 38.3 Å². The summed E-state index contributed by atoms with van der Waals surface area (Å²) in [6.07, 6.45) is 1.17. The molecule has 1 amide bonds. The summed E-state index contributed by atoms with van der Waals surface area (Å²) in [6.45, 7) is 1.02. The van der Waals surface area contributed by atoms with Crippen molar-refractivity contribution in [3.8, 4) is 0 Å². The molecule has 0 unspecified atom stereocenters. The van der Waals surface area contributed by atoms with E-state index in [1.807, 2.05) is 0 Å². The second-order valence-electron chi connectivity index (χ2n) is 3.50. The Morgan fingerprint density at radius 1 is 1.38 bits per heavy atom. The van der Waals surface area contributed by atoms with E-state index in [0.717, 1.165) is 5.56 Å². The Balaban J connectivity index is 2.23. The second-order valence-corrected chi connectivity index (χ2v) is 3.50. The third-order valence-electron chi connectivity index (χ3n) is 2.16. The maximum absolute atomic E-state index is 12.6. The lowest BCUT2D eigenvalue weighted by Gasteiger charge is -2.05. The molecule has 0 fully saturated rings. The number of carbonyl (C=O) groups is 1. The fourth-order valence-electron chi connectivity index (χ4n) is 1.27. The molecule has 3 nitrogen and oxygen atoms in total. The Kier molecular flexibility index (Phi) is 5.50. The van der Waals surface area contributed by atoms with Gasteiger partial charge >= 0.3 is 0 Å². The van der Waals surface area contributed by atoms with Crippen molar-refractivity contribution in [2.45, 2.75) is 19.4 Å². The number of rotatable bonds is 6. The molecule has 1 aromatic carbocycles. The number of nitrogens with one attached hydrogen (secondary N) is 1. The number of hydrogen-bond acceptors (Lipinski definition) is 2. The smallest absolute Gasteiger partial charge is 0.220 e. The molecule has 0 aliphatic heterocycles. The van der Waals surface area contributed by atoms with Crippen LogP contribution >= 0.6 is 0 Å². The average Bonchev–Trinajstić information content (AvgIpc) is 2.29. The summed E-state index contributed by atoms with van der Waals surface area (Å²) in [6, 6.07) is 6.08. The minimum absolute atomic E-state index is 0.0126. The van der Waals surface area contributed by atoms with Crippen molar-refractivity contribution >= 4 is 5.91 Å². The molecule has 88 valence electrons. The van der Waals surface area contributed by atoms with Gasteiger partial charge < -0.3 is 10.1 Å². The zero-order valence-electron chi connectivity index (χ0n) is 9.33. The molecule has 4 heteroatoms. The van der Waals surface area contributed by atoms with Crippen LogP contribution in [-0.4, -0.2) is 19.6 Å². The van der Waals surface area contributed by atoms with Crippen LogP contribution < -0.4 is 5.32 Å². The van der Waals surface area contributed by atoms with Gasteiger partial charge in [-0.1, -0.05) is 12.1 Å². The van der Waals surface area contributed by atoms with Crippen molar-refractivity contribution < 1.29 is 13.9 Å². The van der Waals surface area contributed by atoms with E-state index < -0.39 is 0 Å². The van der Waals surface area contributed by atoms with Gasteiger partial charge in [0, 0.05) is 26.7 Å². The molecule has 0 radical (unpaired) electrons. The minimum atomic E-state index is -0.268. The molecule has 1 aromatic rings. The van der Waals surface area contributed by atoms with Gasteiger partial charge in [-0.2, -0.15) is 0 Å². The molecule has 0 saturated heterocycles. The summed E-state index contributed by atoms with van der Waals surface area (Å²) < 4.78 is 17.4. The lowest BCUT2D eigenvalue weighted by molar-refractivity contribution is -0.121. The van der Waals surface area contributed by atoms with E-state index in [0.29, 0.717) is 26.0 Å². The van der Waals surface area contributed by atoms with E-state index in [1.165, 1.54) is 12.1 Å². The molecule has 16 heavy (non-hydrogen) atoms. The van der Waals surface area contributed by atoms with Crippen LogP contribution in [0.3, 0.4) is 0 Å². The fraction of sp³-hybridized carbons (Fsp3) is 0.417. The number of halogens is 1. The van der Waals surface area contributed by atoms with Gasteiger partial charge in [0.1, 0.15) is 5.82 Å². The molecule has 1 N–H and O–H groups in total. The Morgan fingerprint density at radius 2 is 2.06 bits per heavy atom. The average molecular weight is 225 g/mol. The minimum Gasteiger partial charge on any atom is -0.385 e. The first kappa shape index (κ1) is 12.6. The second kappa shape index (κ2) is 6.95. The van der Waals surface area contributed by atoms with Gasteiger partial charge in [0.05, 0.1) is 0 Å². The molecule has 0 saturated carbocycles. The molecular weight excluding hydrogens is 209 g/mol. The third kappa shape index (κ3) is 4.89. The van der Waals surface area contributed by atoms with Crippen molar-refractivity contribution in [2.24, 2.45) is 0 Å². The van der Waals surface area contributed by atoms with Gasteiger partial charge in [0.2, 0.25) is 5.91 Å². The van der Waals surface area contributed by atoms with Gasteiger partial charge in [0.15, 0.2) is 0 Å². The predicted octanol–water partition coefficient (Wildman–Crippen LogP) is 1.87. The van der Waals surface area contributed by atoms with E-state index in [-0.39, 0.29) is 11.7 Å². The lowest BCUT2D eigenvalue weighted by atomic mass is 10.2. The number of ether oxygens (including phenoxy) is 1. The van der Waals surface area contributed by atoms with E-state index in [2.05, 4.69) is 5.32 Å². The summed E-state index contributed by atoms with van der Waals surface area (Å²) in [5.74, 6) is -0.281. The van der Waals surface area contributed by atoms with Crippen LogP contribution in [0.5, 0.6) is 0 Å². The van der Waals surface area contributed by atoms with E-state index in [4.69, 9.17) is 4.74 Å². The zero-order chi connectivity index (χ0) is 11.8. The van der Waals surface area contributed by atoms with E-state index in [1.54, 1.807) is 19.2 Å². The van der Waals surface area contributed by atoms with Crippen LogP contribution in [-0.2, 0) is 16.1 Å². The van der Waals surface area contributed by atoms with Gasteiger partial charge in [-0.05, 0) is 24.1 Å². The maximum Gasteiger partial charge on any atom is 0.220 e. The summed E-state index contributed by atoms with van der Waals surface area (Å²) >= 11 is 0. The molecule has 0 bridgehead atoms. The molecule has 1 rings (SSSR count). The number of amides is 1. The van der Waals surface area contributed by atoms with Crippen LogP contribution in [0.2, 0.25) is 0 Å². The van der Waals surface area contributed by atoms with Gasteiger partial charge in [-0.25, -0.2) is 4.39 Å². The normalized spacial score (nSPS) is 10.1. The third-order valence-corrected chi connectivity index (χ3v) is 2.16. The maximum atomic E-state index is 12.6. The monoisotopic (exact) mass is 225 g/mol. The van der Waals surface area contributed by atoms with Gasteiger partial charge in [-0.15, -0.1) is 0 Å². The van der Waals surface area contributed by atoms with Crippen LogP contribution in [0, 0.1) is 5.82 Å². The molecular formula is C12H16FNO2. The molecule has 0 spiro atoms. The summed E-state index contributed by atoms with van der Waals surface area (Å²) in [4.78, 5) is 11.3. The molecule has 0 atom stereocenters. The first-order chi connectivity index (χ1) is 7.72. The highest BCUT2D eigenvalue weighted by Crippen LogP contribution is 2.02. The molecule has 0 aromatic heterocycles. The van der Waals surface area contributed by atoms with Crippen molar-refractivity contribution in [3.63, 3.8) is 0 Å².